The van der Waals surface area contributed by atoms with Crippen molar-refractivity contribution in [1.82, 2.24) is 15.0 Å². The first-order valence-corrected chi connectivity index (χ1v) is 18.4. The highest BCUT2D eigenvalue weighted by atomic mass is 16.3. The quantitative estimate of drug-likeness (QED) is 0.166. The first kappa shape index (κ1) is 32.2. The monoisotopic (exact) mass is 703 g/mol. The van der Waals surface area contributed by atoms with E-state index in [0.717, 1.165) is 94.8 Å². The van der Waals surface area contributed by atoms with Gasteiger partial charge in [0.25, 0.3) is 0 Å². The van der Waals surface area contributed by atoms with Crippen LogP contribution in [0.2, 0.25) is 0 Å². The summed E-state index contributed by atoms with van der Waals surface area (Å²) in [6, 6.07) is 68.9. The van der Waals surface area contributed by atoms with Crippen molar-refractivity contribution in [2.24, 2.45) is 0 Å². The molecule has 0 atom stereocenters. The summed E-state index contributed by atoms with van der Waals surface area (Å²) >= 11 is 0. The lowest BCUT2D eigenvalue weighted by Crippen LogP contribution is -1.95. The zero-order chi connectivity index (χ0) is 36.6. The minimum Gasteiger partial charge on any atom is -0.455 e. The van der Waals surface area contributed by atoms with Crippen molar-refractivity contribution in [3.8, 4) is 78.7 Å². The van der Waals surface area contributed by atoms with Crippen LogP contribution in [0.4, 0.5) is 0 Å². The highest BCUT2D eigenvalue weighted by Gasteiger charge is 2.24. The third-order valence-electron chi connectivity index (χ3n) is 10.1. The molecule has 0 fully saturated rings. The number of pyridine rings is 1. The van der Waals surface area contributed by atoms with E-state index in [4.69, 9.17) is 19.4 Å². The summed E-state index contributed by atoms with van der Waals surface area (Å²) in [4.78, 5) is 15.3. The molecule has 3 heterocycles. The van der Waals surface area contributed by atoms with E-state index in [-0.39, 0.29) is 0 Å². The second kappa shape index (κ2) is 13.8. The number of nitrogens with zero attached hydrogens (tertiary/aromatic N) is 3. The molecule has 3 aromatic heterocycles. The predicted octanol–water partition coefficient (Wildman–Crippen LogP) is 13.4. The van der Waals surface area contributed by atoms with Crippen molar-refractivity contribution in [3.05, 3.63) is 200 Å². The highest BCUT2D eigenvalue weighted by Crippen LogP contribution is 2.46. The average molecular weight is 704 g/mol. The molecule has 55 heavy (non-hydrogen) atoms. The largest absolute Gasteiger partial charge is 0.455 e. The minimum absolute atomic E-state index is 0.706. The van der Waals surface area contributed by atoms with Gasteiger partial charge in [-0.3, -0.25) is 0 Å². The summed E-state index contributed by atoms with van der Waals surface area (Å²) in [5.41, 5.74) is 13.9. The summed E-state index contributed by atoms with van der Waals surface area (Å²) in [5.74, 6) is 1.55. The fraction of sp³-hybridized carbons (Fsp3) is 0. The standard InChI is InChI=1S/C51H33N3O/c1-5-15-36(16-6-1)44-33-45(54-51(53-44)41-21-11-4-12-22-41)37-29-25-34(26-30-37)35-27-31-39(32-28-35)48-47-46(38-17-7-2-8-18-38)49(40-19-9-3-10-20-40)55-50(47)42-23-13-14-24-43(42)52-48/h1-33H. The maximum absolute atomic E-state index is 6.87. The van der Waals surface area contributed by atoms with Crippen molar-refractivity contribution in [1.29, 1.82) is 0 Å². The van der Waals surface area contributed by atoms with Gasteiger partial charge >= 0.3 is 0 Å². The normalized spacial score (nSPS) is 11.3. The lowest BCUT2D eigenvalue weighted by Gasteiger charge is -2.11. The molecule has 0 radical (unpaired) electrons. The van der Waals surface area contributed by atoms with E-state index in [9.17, 15) is 0 Å². The van der Waals surface area contributed by atoms with Crippen molar-refractivity contribution in [3.63, 3.8) is 0 Å². The third-order valence-corrected chi connectivity index (χ3v) is 10.1. The number of para-hydroxylation sites is 1. The smallest absolute Gasteiger partial charge is 0.160 e. The number of fused-ring (bicyclic) bond motifs is 3. The van der Waals surface area contributed by atoms with Crippen LogP contribution in [0.1, 0.15) is 0 Å². The van der Waals surface area contributed by atoms with Crippen LogP contribution in [0.15, 0.2) is 205 Å². The van der Waals surface area contributed by atoms with E-state index in [0.29, 0.717) is 5.82 Å². The van der Waals surface area contributed by atoms with Crippen molar-refractivity contribution in [2.45, 2.75) is 0 Å². The van der Waals surface area contributed by atoms with Crippen LogP contribution in [0.25, 0.3) is 101 Å². The molecule has 0 saturated heterocycles. The Morgan fingerprint density at radius 2 is 0.800 bits per heavy atom. The van der Waals surface area contributed by atoms with Gasteiger partial charge in [-0.1, -0.05) is 182 Å². The van der Waals surface area contributed by atoms with E-state index < -0.39 is 0 Å². The molecule has 0 N–H and O–H groups in total. The topological polar surface area (TPSA) is 51.8 Å². The molecule has 0 aliphatic heterocycles. The lowest BCUT2D eigenvalue weighted by molar-refractivity contribution is 0.636. The van der Waals surface area contributed by atoms with Crippen LogP contribution in [0.5, 0.6) is 0 Å². The summed E-state index contributed by atoms with van der Waals surface area (Å²) in [7, 11) is 0. The number of rotatable bonds is 7. The van der Waals surface area contributed by atoms with Gasteiger partial charge in [0.15, 0.2) is 5.82 Å². The molecule has 258 valence electrons. The van der Waals surface area contributed by atoms with E-state index in [1.807, 2.05) is 60.7 Å². The minimum atomic E-state index is 0.706. The lowest BCUT2D eigenvalue weighted by atomic mass is 9.94. The Bertz CT molecular complexity index is 2870. The van der Waals surface area contributed by atoms with E-state index in [2.05, 4.69) is 140 Å². The van der Waals surface area contributed by atoms with Gasteiger partial charge in [-0.2, -0.15) is 0 Å². The van der Waals surface area contributed by atoms with Crippen LogP contribution in [-0.4, -0.2) is 15.0 Å². The Kier molecular flexibility index (Phi) is 8.12. The van der Waals surface area contributed by atoms with Gasteiger partial charge in [0.05, 0.1) is 28.0 Å². The number of benzene rings is 7. The Labute approximate surface area is 319 Å². The molecule has 0 amide bonds. The Balaban J connectivity index is 1.05. The predicted molar refractivity (Wildman–Crippen MR) is 225 cm³/mol. The molecule has 0 aliphatic carbocycles. The summed E-state index contributed by atoms with van der Waals surface area (Å²) < 4.78 is 6.87. The molecule has 4 nitrogen and oxygen atoms in total. The van der Waals surface area contributed by atoms with E-state index >= 15 is 0 Å². The number of furan rings is 1. The van der Waals surface area contributed by atoms with E-state index in [1.165, 1.54) is 0 Å². The molecule has 7 aromatic carbocycles. The molecule has 0 spiro atoms. The first-order chi connectivity index (χ1) is 27.3. The third kappa shape index (κ3) is 6.06. The van der Waals surface area contributed by atoms with Crippen molar-refractivity contribution < 1.29 is 4.42 Å². The summed E-state index contributed by atoms with van der Waals surface area (Å²) in [5, 5.41) is 2.00. The van der Waals surface area contributed by atoms with Crippen LogP contribution >= 0.6 is 0 Å². The number of hydrogen-bond donors (Lipinski definition) is 0. The zero-order valence-corrected chi connectivity index (χ0v) is 29.8. The average Bonchev–Trinajstić information content (AvgIpc) is 3.69. The summed E-state index contributed by atoms with van der Waals surface area (Å²) in [6.07, 6.45) is 0. The molecule has 10 aromatic rings. The number of aromatic nitrogens is 3. The zero-order valence-electron chi connectivity index (χ0n) is 29.8. The van der Waals surface area contributed by atoms with Gasteiger partial charge in [-0.15, -0.1) is 0 Å². The Morgan fingerprint density at radius 1 is 0.345 bits per heavy atom. The second-order valence-corrected chi connectivity index (χ2v) is 13.6. The molecule has 0 saturated carbocycles. The molecule has 0 bridgehead atoms. The second-order valence-electron chi connectivity index (χ2n) is 13.6. The molecular formula is C51H33N3O. The van der Waals surface area contributed by atoms with Gasteiger partial charge in [-0.05, 0) is 34.9 Å². The van der Waals surface area contributed by atoms with Crippen LogP contribution < -0.4 is 0 Å². The fourth-order valence-electron chi connectivity index (χ4n) is 7.39. The van der Waals surface area contributed by atoms with Gasteiger partial charge in [0, 0.05) is 38.8 Å². The highest BCUT2D eigenvalue weighted by molar-refractivity contribution is 6.16. The van der Waals surface area contributed by atoms with Gasteiger partial charge < -0.3 is 4.42 Å². The SMILES string of the molecule is c1ccc(-c2cc(-c3ccc(-c4ccc(-c5nc6ccccc6c6oc(-c7ccccc7)c(-c7ccccc7)c56)cc4)cc3)nc(-c3ccccc3)n2)cc1. The summed E-state index contributed by atoms with van der Waals surface area (Å²) in [6.45, 7) is 0. The van der Waals surface area contributed by atoms with E-state index in [1.54, 1.807) is 0 Å². The Morgan fingerprint density at radius 3 is 1.40 bits per heavy atom. The maximum Gasteiger partial charge on any atom is 0.160 e. The maximum atomic E-state index is 6.87. The Hall–Kier alpha value is -7.43. The van der Waals surface area contributed by atoms with Crippen LogP contribution in [0.3, 0.4) is 0 Å². The van der Waals surface area contributed by atoms with Gasteiger partial charge in [-0.25, -0.2) is 15.0 Å². The van der Waals surface area contributed by atoms with Crippen LogP contribution in [0, 0.1) is 0 Å². The first-order valence-electron chi connectivity index (χ1n) is 18.4. The van der Waals surface area contributed by atoms with Gasteiger partial charge in [0.2, 0.25) is 0 Å². The molecule has 0 aliphatic rings. The van der Waals surface area contributed by atoms with Crippen LogP contribution in [-0.2, 0) is 0 Å². The fourth-order valence-corrected chi connectivity index (χ4v) is 7.39. The molecule has 4 heteroatoms. The molecule has 10 rings (SSSR count). The molecule has 0 unspecified atom stereocenters. The number of hydrogen-bond acceptors (Lipinski definition) is 4. The molecular weight excluding hydrogens is 671 g/mol. The van der Waals surface area contributed by atoms with Crippen molar-refractivity contribution >= 4 is 21.9 Å². The van der Waals surface area contributed by atoms with Crippen molar-refractivity contribution in [2.75, 3.05) is 0 Å². The van der Waals surface area contributed by atoms with Gasteiger partial charge in [0.1, 0.15) is 11.3 Å².